The van der Waals surface area contributed by atoms with E-state index in [4.69, 9.17) is 4.74 Å². The van der Waals surface area contributed by atoms with Crippen molar-refractivity contribution in [3.8, 4) is 28.7 Å². The van der Waals surface area contributed by atoms with Gasteiger partial charge in [0.1, 0.15) is 5.75 Å². The molecule has 5 rings (SSSR count). The topological polar surface area (TPSA) is 94.8 Å². The van der Waals surface area contributed by atoms with Crippen LogP contribution in [0.3, 0.4) is 0 Å². The predicted octanol–water partition coefficient (Wildman–Crippen LogP) is 5.79. The van der Waals surface area contributed by atoms with Crippen molar-refractivity contribution in [3.05, 3.63) is 109 Å². The molecule has 0 radical (unpaired) electrons. The summed E-state index contributed by atoms with van der Waals surface area (Å²) in [4.78, 5) is 25.1. The van der Waals surface area contributed by atoms with Crippen molar-refractivity contribution >= 4 is 11.6 Å². The zero-order valence-electron chi connectivity index (χ0n) is 18.9. The van der Waals surface area contributed by atoms with Gasteiger partial charge in [-0.05, 0) is 42.0 Å². The summed E-state index contributed by atoms with van der Waals surface area (Å²) in [5.74, 6) is -0.193. The molecule has 11 heteroatoms. The summed E-state index contributed by atoms with van der Waals surface area (Å²) in [5.41, 5.74) is -0.193. The Hall–Kier alpha value is -5.06. The minimum Gasteiger partial charge on any atom is -0.424 e. The first-order valence-electron chi connectivity index (χ1n) is 10.9. The van der Waals surface area contributed by atoms with Gasteiger partial charge in [0.15, 0.2) is 11.5 Å². The highest BCUT2D eigenvalue weighted by atomic mass is 19.4. The van der Waals surface area contributed by atoms with Crippen LogP contribution in [0.25, 0.3) is 16.9 Å². The lowest BCUT2D eigenvalue weighted by Gasteiger charge is -2.08. The van der Waals surface area contributed by atoms with Crippen molar-refractivity contribution in [3.63, 3.8) is 0 Å². The third-order valence-electron chi connectivity index (χ3n) is 5.17. The molecule has 1 N–H and O–H groups in total. The summed E-state index contributed by atoms with van der Waals surface area (Å²) in [5, 5.41) is 6.03. The first-order valence-corrected chi connectivity index (χ1v) is 10.9. The molecular weight excluding hydrogens is 485 g/mol. The lowest BCUT2D eigenvalue weighted by Crippen LogP contribution is -2.17. The number of pyridine rings is 1. The molecule has 1 amide bonds. The van der Waals surface area contributed by atoms with E-state index < -0.39 is 23.3 Å². The van der Waals surface area contributed by atoms with Gasteiger partial charge in [0.25, 0.3) is 5.91 Å². The Labute approximate surface area is 208 Å². The minimum atomic E-state index is -4.83. The molecule has 0 aliphatic heterocycles. The van der Waals surface area contributed by atoms with E-state index in [9.17, 15) is 18.0 Å². The molecule has 0 aliphatic rings. The number of hydrogen-bond acceptors (Lipinski definition) is 6. The fraction of sp³-hybridized carbons (Fsp3) is 0.0385. The highest BCUT2D eigenvalue weighted by Gasteiger charge is 2.39. The van der Waals surface area contributed by atoms with E-state index in [2.05, 4.69) is 25.4 Å². The summed E-state index contributed by atoms with van der Waals surface area (Å²) in [6.45, 7) is 0. The molecule has 3 heterocycles. The normalized spacial score (nSPS) is 11.2. The molecule has 0 saturated heterocycles. The number of alkyl halides is 3. The van der Waals surface area contributed by atoms with Crippen LogP contribution in [0.5, 0.6) is 11.8 Å². The van der Waals surface area contributed by atoms with Gasteiger partial charge in [-0.2, -0.15) is 18.3 Å². The Morgan fingerprint density at radius 1 is 0.838 bits per heavy atom. The largest absolute Gasteiger partial charge is 0.435 e. The second-order valence-corrected chi connectivity index (χ2v) is 7.72. The van der Waals surface area contributed by atoms with Crippen molar-refractivity contribution in [2.24, 2.45) is 0 Å². The van der Waals surface area contributed by atoms with Gasteiger partial charge in [0, 0.05) is 36.0 Å². The number of carbonyl (C=O) groups is 1. The SMILES string of the molecule is O=C(Nc1ccc(-c2cnc(Oc3ccccc3)nc2)cc1)c1cn(-c2ccccn2)nc1C(F)(F)F. The predicted molar refractivity (Wildman–Crippen MR) is 128 cm³/mol. The van der Waals surface area contributed by atoms with Crippen molar-refractivity contribution in [1.82, 2.24) is 24.7 Å². The van der Waals surface area contributed by atoms with E-state index in [0.717, 1.165) is 16.4 Å². The molecule has 0 atom stereocenters. The number of halogens is 3. The lowest BCUT2D eigenvalue weighted by atomic mass is 10.1. The first kappa shape index (κ1) is 23.7. The molecular formula is C26H17F3N6O2. The van der Waals surface area contributed by atoms with Gasteiger partial charge in [-0.1, -0.05) is 36.4 Å². The maximum Gasteiger partial charge on any atom is 0.435 e. The number of amides is 1. The van der Waals surface area contributed by atoms with Gasteiger partial charge in [-0.3, -0.25) is 4.79 Å². The van der Waals surface area contributed by atoms with E-state index in [1.807, 2.05) is 18.2 Å². The number of anilines is 1. The summed E-state index contributed by atoms with van der Waals surface area (Å²) in [7, 11) is 0. The Kier molecular flexibility index (Phi) is 6.33. The second-order valence-electron chi connectivity index (χ2n) is 7.72. The van der Waals surface area contributed by atoms with Gasteiger partial charge in [0.05, 0.1) is 5.56 Å². The molecule has 3 aromatic heterocycles. The monoisotopic (exact) mass is 502 g/mol. The quantitative estimate of drug-likeness (QED) is 0.316. The van der Waals surface area contributed by atoms with Gasteiger partial charge >= 0.3 is 12.2 Å². The van der Waals surface area contributed by atoms with Crippen LogP contribution in [-0.4, -0.2) is 30.6 Å². The number of nitrogens with one attached hydrogen (secondary N) is 1. The molecule has 37 heavy (non-hydrogen) atoms. The number of nitrogens with zero attached hydrogens (tertiary/aromatic N) is 5. The van der Waals surface area contributed by atoms with Crippen LogP contribution >= 0.6 is 0 Å². The number of hydrogen-bond donors (Lipinski definition) is 1. The van der Waals surface area contributed by atoms with E-state index in [1.54, 1.807) is 60.9 Å². The number of rotatable bonds is 6. The Morgan fingerprint density at radius 2 is 1.54 bits per heavy atom. The van der Waals surface area contributed by atoms with E-state index >= 15 is 0 Å². The van der Waals surface area contributed by atoms with E-state index in [0.29, 0.717) is 17.0 Å². The van der Waals surface area contributed by atoms with Crippen molar-refractivity contribution in [1.29, 1.82) is 0 Å². The molecule has 0 aliphatic carbocycles. The average Bonchev–Trinajstić information content (AvgIpc) is 3.38. The van der Waals surface area contributed by atoms with Crippen LogP contribution in [-0.2, 0) is 6.18 Å². The molecule has 0 unspecified atom stereocenters. The molecule has 0 bridgehead atoms. The highest BCUT2D eigenvalue weighted by Crippen LogP contribution is 2.32. The van der Waals surface area contributed by atoms with E-state index in [-0.39, 0.29) is 11.8 Å². The maximum absolute atomic E-state index is 13.6. The van der Waals surface area contributed by atoms with Crippen molar-refractivity contribution in [2.45, 2.75) is 6.18 Å². The molecule has 8 nitrogen and oxygen atoms in total. The first-order chi connectivity index (χ1) is 17.9. The molecule has 5 aromatic rings. The third-order valence-corrected chi connectivity index (χ3v) is 5.17. The minimum absolute atomic E-state index is 0.152. The number of aromatic nitrogens is 5. The standard InChI is InChI=1S/C26H17F3N6O2/c27-26(28,29)23-21(16-35(34-23)22-8-4-5-13-30-22)24(36)33-19-11-9-17(10-12-19)18-14-31-25(32-15-18)37-20-6-2-1-3-7-20/h1-16H,(H,33,36). The number of ether oxygens (including phenoxy) is 1. The summed E-state index contributed by atoms with van der Waals surface area (Å²) in [6, 6.07) is 20.5. The zero-order chi connectivity index (χ0) is 25.8. The molecule has 0 spiro atoms. The third kappa shape index (κ3) is 5.45. The lowest BCUT2D eigenvalue weighted by molar-refractivity contribution is -0.141. The zero-order valence-corrected chi connectivity index (χ0v) is 18.9. The average molecular weight is 502 g/mol. The molecule has 0 fully saturated rings. The smallest absolute Gasteiger partial charge is 0.424 e. The van der Waals surface area contributed by atoms with Crippen LogP contribution in [0, 0.1) is 0 Å². The Balaban J connectivity index is 1.31. The van der Waals surface area contributed by atoms with Crippen LogP contribution < -0.4 is 10.1 Å². The van der Waals surface area contributed by atoms with Crippen LogP contribution in [0.2, 0.25) is 0 Å². The fourth-order valence-electron chi connectivity index (χ4n) is 3.41. The van der Waals surface area contributed by atoms with Crippen LogP contribution in [0.1, 0.15) is 16.1 Å². The van der Waals surface area contributed by atoms with Crippen molar-refractivity contribution < 1.29 is 22.7 Å². The molecule has 0 saturated carbocycles. The summed E-state index contributed by atoms with van der Waals surface area (Å²) < 4.78 is 47.2. The van der Waals surface area contributed by atoms with Gasteiger partial charge in [-0.25, -0.2) is 19.6 Å². The maximum atomic E-state index is 13.6. The van der Waals surface area contributed by atoms with Gasteiger partial charge in [0.2, 0.25) is 0 Å². The summed E-state index contributed by atoms with van der Waals surface area (Å²) in [6.07, 6.45) is 0.764. The summed E-state index contributed by atoms with van der Waals surface area (Å²) >= 11 is 0. The number of benzene rings is 2. The highest BCUT2D eigenvalue weighted by molar-refractivity contribution is 6.05. The second kappa shape index (κ2) is 9.90. The van der Waals surface area contributed by atoms with Crippen LogP contribution in [0.15, 0.2) is 97.6 Å². The Morgan fingerprint density at radius 3 is 2.19 bits per heavy atom. The van der Waals surface area contributed by atoms with E-state index in [1.165, 1.54) is 12.3 Å². The molecule has 2 aromatic carbocycles. The Bertz CT molecular complexity index is 1500. The fourth-order valence-corrected chi connectivity index (χ4v) is 3.41. The van der Waals surface area contributed by atoms with Crippen molar-refractivity contribution in [2.75, 3.05) is 5.32 Å². The van der Waals surface area contributed by atoms with Gasteiger partial charge < -0.3 is 10.1 Å². The molecule has 184 valence electrons. The van der Waals surface area contributed by atoms with Gasteiger partial charge in [-0.15, -0.1) is 0 Å². The number of para-hydroxylation sites is 1. The number of carbonyl (C=O) groups excluding carboxylic acids is 1. The van der Waals surface area contributed by atoms with Crippen LogP contribution in [0.4, 0.5) is 18.9 Å².